The van der Waals surface area contributed by atoms with Crippen molar-refractivity contribution >= 4 is 5.91 Å². The fourth-order valence-electron chi connectivity index (χ4n) is 8.75. The lowest BCUT2D eigenvalue weighted by Crippen LogP contribution is -2.60. The van der Waals surface area contributed by atoms with Crippen LogP contribution in [0.3, 0.4) is 0 Å². The first kappa shape index (κ1) is 63.9. The van der Waals surface area contributed by atoms with Crippen LogP contribution in [0.25, 0.3) is 0 Å². The number of aliphatic hydroxyl groups excluding tert-OH is 5. The van der Waals surface area contributed by atoms with Gasteiger partial charge in [0.25, 0.3) is 0 Å². The van der Waals surface area contributed by atoms with E-state index in [1.165, 1.54) is 167 Å². The molecule has 0 aliphatic carbocycles. The van der Waals surface area contributed by atoms with E-state index in [0.29, 0.717) is 6.42 Å². The van der Waals surface area contributed by atoms with Crippen LogP contribution in [0, 0.1) is 0 Å². The minimum atomic E-state index is -1.58. The summed E-state index contributed by atoms with van der Waals surface area (Å²) in [5, 5.41) is 54.4. The van der Waals surface area contributed by atoms with Gasteiger partial charge in [-0.05, 0) is 77.0 Å². The molecule has 0 aromatic rings. The molecule has 0 spiro atoms. The summed E-state index contributed by atoms with van der Waals surface area (Å²) in [6.07, 6.45) is 58.6. The predicted molar refractivity (Wildman–Crippen MR) is 286 cm³/mol. The minimum absolute atomic E-state index is 0.199. The van der Waals surface area contributed by atoms with Crippen LogP contribution in [0.2, 0.25) is 0 Å². The number of allylic oxidation sites excluding steroid dienone is 9. The smallest absolute Gasteiger partial charge is 0.220 e. The molecule has 0 saturated carbocycles. The Morgan fingerprint density at radius 2 is 0.882 bits per heavy atom. The van der Waals surface area contributed by atoms with Gasteiger partial charge >= 0.3 is 0 Å². The zero-order valence-electron chi connectivity index (χ0n) is 43.9. The summed E-state index contributed by atoms with van der Waals surface area (Å²) < 4.78 is 11.2. The van der Waals surface area contributed by atoms with Crippen LogP contribution in [0.4, 0.5) is 0 Å². The van der Waals surface area contributed by atoms with Crippen molar-refractivity contribution < 1.29 is 39.8 Å². The van der Waals surface area contributed by atoms with Gasteiger partial charge in [-0.3, -0.25) is 4.79 Å². The molecule has 68 heavy (non-hydrogen) atoms. The fraction of sp³-hybridized carbons (Fsp3) is 0.814. The predicted octanol–water partition coefficient (Wildman–Crippen LogP) is 13.9. The number of amides is 1. The number of carbonyl (C=O) groups excluding carboxylic acids is 1. The number of rotatable bonds is 48. The zero-order chi connectivity index (χ0) is 49.4. The second-order valence-electron chi connectivity index (χ2n) is 19.7. The van der Waals surface area contributed by atoms with Crippen molar-refractivity contribution in [3.05, 3.63) is 60.8 Å². The zero-order valence-corrected chi connectivity index (χ0v) is 43.9. The maximum atomic E-state index is 13.0. The van der Waals surface area contributed by atoms with E-state index in [-0.39, 0.29) is 12.5 Å². The van der Waals surface area contributed by atoms with Crippen molar-refractivity contribution in [3.63, 3.8) is 0 Å². The van der Waals surface area contributed by atoms with E-state index in [0.717, 1.165) is 64.2 Å². The van der Waals surface area contributed by atoms with Crippen LogP contribution in [-0.4, -0.2) is 87.5 Å². The number of ether oxygens (including phenoxy) is 2. The molecule has 1 rings (SSSR count). The maximum absolute atomic E-state index is 13.0. The Labute approximate surface area is 417 Å². The first-order chi connectivity index (χ1) is 33.3. The summed E-state index contributed by atoms with van der Waals surface area (Å²) in [5.41, 5.74) is 0. The molecule has 1 heterocycles. The Bertz CT molecular complexity index is 1250. The van der Waals surface area contributed by atoms with Crippen molar-refractivity contribution in [3.8, 4) is 0 Å². The average Bonchev–Trinajstić information content (AvgIpc) is 3.34. The van der Waals surface area contributed by atoms with E-state index in [2.05, 4.69) is 67.8 Å². The fourth-order valence-corrected chi connectivity index (χ4v) is 8.75. The molecule has 1 aliphatic heterocycles. The highest BCUT2D eigenvalue weighted by Gasteiger charge is 2.44. The van der Waals surface area contributed by atoms with Gasteiger partial charge in [0, 0.05) is 6.42 Å². The Morgan fingerprint density at radius 1 is 0.500 bits per heavy atom. The van der Waals surface area contributed by atoms with E-state index >= 15 is 0 Å². The number of hydrogen-bond donors (Lipinski definition) is 6. The van der Waals surface area contributed by atoms with Crippen LogP contribution in [0.15, 0.2) is 60.8 Å². The molecule has 7 atom stereocenters. The molecule has 1 amide bonds. The second-order valence-corrected chi connectivity index (χ2v) is 19.7. The molecule has 9 heteroatoms. The number of nitrogens with one attached hydrogen (secondary N) is 1. The van der Waals surface area contributed by atoms with E-state index in [1.807, 2.05) is 6.08 Å². The average molecular weight is 959 g/mol. The molecule has 6 N–H and O–H groups in total. The van der Waals surface area contributed by atoms with Crippen molar-refractivity contribution in [2.75, 3.05) is 13.2 Å². The van der Waals surface area contributed by atoms with E-state index < -0.39 is 49.5 Å². The lowest BCUT2D eigenvalue weighted by atomic mass is 9.99. The molecular weight excluding hydrogens is 851 g/mol. The van der Waals surface area contributed by atoms with Crippen molar-refractivity contribution in [2.24, 2.45) is 0 Å². The van der Waals surface area contributed by atoms with Crippen LogP contribution in [-0.2, 0) is 14.3 Å². The van der Waals surface area contributed by atoms with Gasteiger partial charge in [-0.25, -0.2) is 0 Å². The summed E-state index contributed by atoms with van der Waals surface area (Å²) in [6.45, 7) is 3.75. The monoisotopic (exact) mass is 958 g/mol. The first-order valence-electron chi connectivity index (χ1n) is 28.5. The standard InChI is InChI=1S/C59H107NO8/c1-3-5-7-9-11-13-15-17-19-21-23-24-25-26-27-28-29-30-31-32-34-36-38-40-42-44-46-48-53(62)52(51-67-59-58(66)57(65)56(64)54(50-61)68-59)60-55(63)49-47-45-43-41-39-37-35-33-22-20-18-16-14-12-10-8-6-4-2/h14,16,20,22,31-32,38,40,46,48,52-54,56-59,61-62,64-66H,3-13,15,17-19,21,23-30,33-37,39,41-45,47,49-51H2,1-2H3,(H,60,63)/b16-14-,22-20-,32-31+,40-38+,48-46+. The van der Waals surface area contributed by atoms with Crippen LogP contribution in [0.5, 0.6) is 0 Å². The summed E-state index contributed by atoms with van der Waals surface area (Å²) >= 11 is 0. The van der Waals surface area contributed by atoms with Gasteiger partial charge in [0.15, 0.2) is 6.29 Å². The van der Waals surface area contributed by atoms with Crippen molar-refractivity contribution in [1.29, 1.82) is 0 Å². The SMILES string of the molecule is CCCCCC/C=C\C/C=C\CCCCCCCCCC(=O)NC(COC1OC(CO)C(O)C(O)C1O)C(O)/C=C/CC/C=C/CC/C=C/CCCCCCCCCCCCCCCCCCC. The highest BCUT2D eigenvalue weighted by Crippen LogP contribution is 2.23. The van der Waals surface area contributed by atoms with Crippen molar-refractivity contribution in [1.82, 2.24) is 5.32 Å². The van der Waals surface area contributed by atoms with Crippen LogP contribution in [0.1, 0.15) is 251 Å². The number of aliphatic hydroxyl groups is 5. The highest BCUT2D eigenvalue weighted by atomic mass is 16.7. The number of hydrogen-bond acceptors (Lipinski definition) is 8. The topological polar surface area (TPSA) is 149 Å². The lowest BCUT2D eigenvalue weighted by molar-refractivity contribution is -0.302. The third kappa shape index (κ3) is 37.7. The normalized spacial score (nSPS) is 20.0. The first-order valence-corrected chi connectivity index (χ1v) is 28.5. The molecule has 0 bridgehead atoms. The lowest BCUT2D eigenvalue weighted by Gasteiger charge is -2.40. The molecule has 1 fully saturated rings. The summed E-state index contributed by atoms with van der Waals surface area (Å²) in [6, 6.07) is -0.835. The Kier molecular flexibility index (Phi) is 45.6. The van der Waals surface area contributed by atoms with Gasteiger partial charge in [0.1, 0.15) is 24.4 Å². The van der Waals surface area contributed by atoms with Gasteiger partial charge in [-0.2, -0.15) is 0 Å². The van der Waals surface area contributed by atoms with E-state index in [4.69, 9.17) is 9.47 Å². The molecule has 0 radical (unpaired) electrons. The minimum Gasteiger partial charge on any atom is -0.394 e. The third-order valence-electron chi connectivity index (χ3n) is 13.3. The van der Waals surface area contributed by atoms with Crippen LogP contribution >= 0.6 is 0 Å². The van der Waals surface area contributed by atoms with Crippen molar-refractivity contribution in [2.45, 2.75) is 294 Å². The summed E-state index contributed by atoms with van der Waals surface area (Å²) in [4.78, 5) is 13.0. The van der Waals surface area contributed by atoms with Gasteiger partial charge in [-0.1, -0.05) is 229 Å². The molecule has 1 saturated heterocycles. The summed E-state index contributed by atoms with van der Waals surface area (Å²) in [5.74, 6) is -0.199. The molecule has 7 unspecified atom stereocenters. The summed E-state index contributed by atoms with van der Waals surface area (Å²) in [7, 11) is 0. The molecule has 396 valence electrons. The van der Waals surface area contributed by atoms with E-state index in [1.54, 1.807) is 6.08 Å². The van der Waals surface area contributed by atoms with Crippen LogP contribution < -0.4 is 5.32 Å². The highest BCUT2D eigenvalue weighted by molar-refractivity contribution is 5.76. The number of carbonyl (C=O) groups is 1. The second kappa shape index (κ2) is 48.5. The largest absolute Gasteiger partial charge is 0.394 e. The van der Waals surface area contributed by atoms with Gasteiger partial charge in [-0.15, -0.1) is 0 Å². The maximum Gasteiger partial charge on any atom is 0.220 e. The van der Waals surface area contributed by atoms with Gasteiger partial charge < -0.3 is 40.3 Å². The molecule has 0 aromatic carbocycles. The third-order valence-corrected chi connectivity index (χ3v) is 13.3. The van der Waals surface area contributed by atoms with Gasteiger partial charge in [0.05, 0.1) is 25.4 Å². The van der Waals surface area contributed by atoms with Gasteiger partial charge in [0.2, 0.25) is 5.91 Å². The Balaban J connectivity index is 2.28. The molecular formula is C59H107NO8. The molecule has 9 nitrogen and oxygen atoms in total. The Hall–Kier alpha value is -2.11. The number of unbranched alkanes of at least 4 members (excludes halogenated alkanes) is 30. The molecule has 1 aliphatic rings. The Morgan fingerprint density at radius 3 is 1.34 bits per heavy atom. The quantitative estimate of drug-likeness (QED) is 0.0261. The van der Waals surface area contributed by atoms with E-state index in [9.17, 15) is 30.3 Å². The molecule has 0 aromatic heterocycles.